The van der Waals surface area contributed by atoms with Gasteiger partial charge in [0.15, 0.2) is 0 Å². The third-order valence-corrected chi connectivity index (χ3v) is 1.90. The molecule has 1 N–H and O–H groups in total. The van der Waals surface area contributed by atoms with Crippen LogP contribution in [0.1, 0.15) is 31.6 Å². The van der Waals surface area contributed by atoms with Crippen molar-refractivity contribution < 1.29 is 5.11 Å². The first-order valence-corrected chi connectivity index (χ1v) is 4.39. The molecule has 14 heavy (non-hydrogen) atoms. The Labute approximate surface area is 81.8 Å². The smallest absolute Gasteiger partial charge is 0.102 e. The number of hydrogen-bond donors (Lipinski definition) is 1. The molecule has 1 aromatic heterocycles. The predicted molar refractivity (Wildman–Crippen MR) is 51.6 cm³/mol. The summed E-state index contributed by atoms with van der Waals surface area (Å²) in [5, 5.41) is 16.6. The minimum atomic E-state index is -0.551. The molecule has 0 aliphatic heterocycles. The van der Waals surface area contributed by atoms with Gasteiger partial charge in [-0.3, -0.25) is 4.68 Å². The summed E-state index contributed by atoms with van der Waals surface area (Å²) in [6, 6.07) is 1.38. The van der Waals surface area contributed by atoms with Crippen LogP contribution < -0.4 is 0 Å². The largest absolute Gasteiger partial charge is 0.396 e. The fourth-order valence-corrected chi connectivity index (χ4v) is 1.27. The molecule has 0 bridgehead atoms. The van der Waals surface area contributed by atoms with E-state index in [-0.39, 0.29) is 12.6 Å². The third-order valence-electron chi connectivity index (χ3n) is 1.90. The van der Waals surface area contributed by atoms with Gasteiger partial charge in [-0.25, -0.2) is 0 Å². The molecule has 0 aromatic carbocycles. The Morgan fingerprint density at radius 3 is 2.93 bits per heavy atom. The highest BCUT2D eigenvalue weighted by Gasteiger charge is 2.14. The van der Waals surface area contributed by atoms with Crippen molar-refractivity contribution in [1.29, 1.82) is 0 Å². The average molecular weight is 195 g/mol. The summed E-state index contributed by atoms with van der Waals surface area (Å²) in [6.45, 7) is 3.74. The first-order chi connectivity index (χ1) is 6.70. The molecule has 0 saturated heterocycles. The first-order valence-electron chi connectivity index (χ1n) is 4.39. The molecule has 0 radical (unpaired) electrons. The van der Waals surface area contributed by atoms with E-state index in [1.807, 2.05) is 13.8 Å². The molecule has 1 unspecified atom stereocenters. The molecule has 0 saturated carbocycles. The second kappa shape index (κ2) is 4.64. The van der Waals surface area contributed by atoms with E-state index in [1.54, 1.807) is 16.9 Å². The van der Waals surface area contributed by atoms with E-state index in [1.165, 1.54) is 0 Å². The van der Waals surface area contributed by atoms with Crippen molar-refractivity contribution in [2.45, 2.75) is 25.9 Å². The Kier molecular flexibility index (Phi) is 3.50. The van der Waals surface area contributed by atoms with Crippen molar-refractivity contribution in [3.05, 3.63) is 28.4 Å². The molecule has 1 atom stereocenters. The zero-order chi connectivity index (χ0) is 10.6. The number of aliphatic hydroxyl groups excluding tert-OH is 1. The Balaban J connectivity index is 3.03. The number of aliphatic hydroxyl groups is 1. The highest BCUT2D eigenvalue weighted by Crippen LogP contribution is 2.19. The topological polar surface area (TPSA) is 86.8 Å². The fourth-order valence-electron chi connectivity index (χ4n) is 1.27. The lowest BCUT2D eigenvalue weighted by molar-refractivity contribution is 0.260. The van der Waals surface area contributed by atoms with Crippen LogP contribution >= 0.6 is 0 Å². The van der Waals surface area contributed by atoms with Crippen LogP contribution in [0.5, 0.6) is 0 Å². The summed E-state index contributed by atoms with van der Waals surface area (Å²) < 4.78 is 1.73. The van der Waals surface area contributed by atoms with Gasteiger partial charge >= 0.3 is 0 Å². The van der Waals surface area contributed by atoms with Crippen LogP contribution in [-0.4, -0.2) is 21.5 Å². The van der Waals surface area contributed by atoms with E-state index in [2.05, 4.69) is 15.1 Å². The van der Waals surface area contributed by atoms with Gasteiger partial charge in [-0.2, -0.15) is 5.10 Å². The lowest BCUT2D eigenvalue weighted by atomic mass is 10.2. The van der Waals surface area contributed by atoms with E-state index in [4.69, 9.17) is 10.6 Å². The molecule has 6 heteroatoms. The van der Waals surface area contributed by atoms with Crippen molar-refractivity contribution in [3.8, 4) is 0 Å². The zero-order valence-electron chi connectivity index (χ0n) is 8.20. The minimum Gasteiger partial charge on any atom is -0.396 e. The van der Waals surface area contributed by atoms with Crippen LogP contribution in [0.25, 0.3) is 10.4 Å². The van der Waals surface area contributed by atoms with E-state index in [0.29, 0.717) is 0 Å². The van der Waals surface area contributed by atoms with Crippen molar-refractivity contribution in [2.24, 2.45) is 5.11 Å². The second-order valence-corrected chi connectivity index (χ2v) is 3.20. The van der Waals surface area contributed by atoms with Crippen LogP contribution in [0.4, 0.5) is 0 Å². The molecular formula is C8H13N5O. The molecule has 0 spiro atoms. The van der Waals surface area contributed by atoms with Crippen LogP contribution in [0, 0.1) is 0 Å². The molecule has 6 nitrogen and oxygen atoms in total. The summed E-state index contributed by atoms with van der Waals surface area (Å²) in [6.07, 6.45) is 1.63. The van der Waals surface area contributed by atoms with E-state index in [0.717, 1.165) is 5.69 Å². The third kappa shape index (κ3) is 2.04. The Morgan fingerprint density at radius 2 is 2.43 bits per heavy atom. The quantitative estimate of drug-likeness (QED) is 0.451. The second-order valence-electron chi connectivity index (χ2n) is 3.20. The van der Waals surface area contributed by atoms with Crippen LogP contribution in [0.15, 0.2) is 17.4 Å². The highest BCUT2D eigenvalue weighted by atomic mass is 16.3. The minimum absolute atomic E-state index is 0.183. The zero-order valence-corrected chi connectivity index (χ0v) is 8.20. The van der Waals surface area contributed by atoms with Crippen molar-refractivity contribution >= 4 is 0 Å². The molecule has 0 fully saturated rings. The van der Waals surface area contributed by atoms with Gasteiger partial charge in [0.05, 0.1) is 6.61 Å². The number of aromatic nitrogens is 2. The van der Waals surface area contributed by atoms with Gasteiger partial charge in [0.25, 0.3) is 0 Å². The molecule has 0 amide bonds. The Bertz CT molecular complexity index is 339. The molecule has 76 valence electrons. The first kappa shape index (κ1) is 10.6. The van der Waals surface area contributed by atoms with E-state index >= 15 is 0 Å². The van der Waals surface area contributed by atoms with Gasteiger partial charge < -0.3 is 5.11 Å². The van der Waals surface area contributed by atoms with Gasteiger partial charge in [-0.05, 0) is 25.4 Å². The molecular weight excluding hydrogens is 182 g/mol. The van der Waals surface area contributed by atoms with Gasteiger partial charge in [0.1, 0.15) is 6.04 Å². The van der Waals surface area contributed by atoms with Crippen LogP contribution in [0.3, 0.4) is 0 Å². The number of azide groups is 1. The molecule has 1 rings (SSSR count). The van der Waals surface area contributed by atoms with Gasteiger partial charge in [-0.1, -0.05) is 5.11 Å². The average Bonchev–Trinajstić information content (AvgIpc) is 2.62. The molecule has 1 heterocycles. The van der Waals surface area contributed by atoms with E-state index < -0.39 is 6.04 Å². The van der Waals surface area contributed by atoms with E-state index in [9.17, 15) is 0 Å². The SMILES string of the molecule is CC(C)n1nccc1C(CO)N=[N+]=[N-]. The summed E-state index contributed by atoms with van der Waals surface area (Å²) in [7, 11) is 0. The number of hydrogen-bond acceptors (Lipinski definition) is 3. The summed E-state index contributed by atoms with van der Waals surface area (Å²) in [5.41, 5.74) is 9.05. The van der Waals surface area contributed by atoms with Gasteiger partial charge in [0, 0.05) is 22.8 Å². The standard InChI is InChI=1S/C8H13N5O/c1-6(2)13-8(3-4-10-13)7(5-14)11-12-9/h3-4,6-7,14H,5H2,1-2H3. The van der Waals surface area contributed by atoms with Gasteiger partial charge in [-0.15, -0.1) is 0 Å². The van der Waals surface area contributed by atoms with Crippen molar-refractivity contribution in [2.75, 3.05) is 6.61 Å². The maximum atomic E-state index is 9.03. The number of nitrogens with zero attached hydrogens (tertiary/aromatic N) is 5. The number of rotatable bonds is 4. The normalized spacial score (nSPS) is 12.6. The lowest BCUT2D eigenvalue weighted by Gasteiger charge is -2.14. The Hall–Kier alpha value is -1.52. The van der Waals surface area contributed by atoms with Crippen molar-refractivity contribution in [1.82, 2.24) is 9.78 Å². The molecule has 0 aliphatic rings. The fraction of sp³-hybridized carbons (Fsp3) is 0.625. The van der Waals surface area contributed by atoms with Crippen LogP contribution in [-0.2, 0) is 0 Å². The monoisotopic (exact) mass is 195 g/mol. The summed E-state index contributed by atoms with van der Waals surface area (Å²) >= 11 is 0. The highest BCUT2D eigenvalue weighted by molar-refractivity contribution is 5.08. The maximum Gasteiger partial charge on any atom is 0.102 e. The molecule has 0 aliphatic carbocycles. The van der Waals surface area contributed by atoms with Gasteiger partial charge in [0.2, 0.25) is 0 Å². The summed E-state index contributed by atoms with van der Waals surface area (Å²) in [4.78, 5) is 2.69. The molecule has 1 aromatic rings. The lowest BCUT2D eigenvalue weighted by Crippen LogP contribution is -2.12. The Morgan fingerprint density at radius 1 is 1.71 bits per heavy atom. The van der Waals surface area contributed by atoms with Crippen molar-refractivity contribution in [3.63, 3.8) is 0 Å². The summed E-state index contributed by atoms with van der Waals surface area (Å²) in [5.74, 6) is 0. The predicted octanol–water partition coefficient (Wildman–Crippen LogP) is 1.81. The van der Waals surface area contributed by atoms with Crippen LogP contribution in [0.2, 0.25) is 0 Å². The maximum absolute atomic E-state index is 9.03.